The maximum absolute atomic E-state index is 11.2. The van der Waals surface area contributed by atoms with Gasteiger partial charge in [0.25, 0.3) is 5.91 Å². The maximum atomic E-state index is 11.2. The molecule has 1 fully saturated rings. The Labute approximate surface area is 81.6 Å². The average molecular weight is 202 g/mol. The van der Waals surface area contributed by atoms with E-state index in [-0.39, 0.29) is 24.8 Å². The molecule has 1 aliphatic rings. The minimum atomic E-state index is -0.600. The molecule has 80 valence electrons. The molecule has 0 radical (unpaired) electrons. The van der Waals surface area contributed by atoms with Crippen molar-refractivity contribution in [1.82, 2.24) is 10.8 Å². The van der Waals surface area contributed by atoms with Crippen LogP contribution in [0.3, 0.4) is 0 Å². The van der Waals surface area contributed by atoms with Crippen molar-refractivity contribution in [1.29, 1.82) is 0 Å². The molecular formula is C8H14N2O4. The second kappa shape index (κ2) is 4.92. The van der Waals surface area contributed by atoms with E-state index in [1.54, 1.807) is 6.92 Å². The number of amides is 2. The standard InChI is InChI=1S/C8H14N2O4/c1-5(11)2-3-7(12)9-6-4-14-10-8(6)13/h5-6,11H,2-4H2,1H3,(H,9,12)(H,10,13)/t5?,6-/m1/s1. The molecule has 1 aliphatic heterocycles. The van der Waals surface area contributed by atoms with Crippen molar-refractivity contribution >= 4 is 11.8 Å². The zero-order valence-corrected chi connectivity index (χ0v) is 7.95. The third-order valence-electron chi connectivity index (χ3n) is 1.86. The molecule has 14 heavy (non-hydrogen) atoms. The van der Waals surface area contributed by atoms with Crippen molar-refractivity contribution in [2.45, 2.75) is 31.9 Å². The molecule has 2 amide bonds. The van der Waals surface area contributed by atoms with E-state index in [1.807, 2.05) is 0 Å². The van der Waals surface area contributed by atoms with Gasteiger partial charge in [-0.1, -0.05) is 0 Å². The zero-order valence-electron chi connectivity index (χ0n) is 7.95. The third kappa shape index (κ3) is 3.31. The normalized spacial score (nSPS) is 23.0. The largest absolute Gasteiger partial charge is 0.393 e. The van der Waals surface area contributed by atoms with E-state index in [0.29, 0.717) is 6.42 Å². The zero-order chi connectivity index (χ0) is 10.6. The molecule has 0 aromatic rings. The van der Waals surface area contributed by atoms with Gasteiger partial charge in [-0.3, -0.25) is 14.4 Å². The van der Waals surface area contributed by atoms with Gasteiger partial charge in [0.1, 0.15) is 12.6 Å². The van der Waals surface area contributed by atoms with Crippen LogP contribution in [0.4, 0.5) is 0 Å². The smallest absolute Gasteiger partial charge is 0.268 e. The first-order valence-corrected chi connectivity index (χ1v) is 4.48. The number of carbonyl (C=O) groups excluding carboxylic acids is 2. The molecule has 1 heterocycles. The number of hydrogen-bond donors (Lipinski definition) is 3. The molecule has 1 rings (SSSR count). The van der Waals surface area contributed by atoms with Gasteiger partial charge in [0, 0.05) is 6.42 Å². The first-order chi connectivity index (χ1) is 6.59. The van der Waals surface area contributed by atoms with E-state index < -0.39 is 12.1 Å². The Hall–Kier alpha value is -1.14. The average Bonchev–Trinajstić information content (AvgIpc) is 2.49. The molecule has 0 aliphatic carbocycles. The Kier molecular flexibility index (Phi) is 3.84. The van der Waals surface area contributed by atoms with Crippen LogP contribution >= 0.6 is 0 Å². The molecule has 6 nitrogen and oxygen atoms in total. The summed E-state index contributed by atoms with van der Waals surface area (Å²) in [6, 6.07) is -0.600. The Bertz CT molecular complexity index is 229. The van der Waals surface area contributed by atoms with Crippen LogP contribution in [-0.4, -0.2) is 35.7 Å². The van der Waals surface area contributed by atoms with E-state index in [9.17, 15) is 9.59 Å². The minimum absolute atomic E-state index is 0.152. The number of hydroxylamine groups is 1. The summed E-state index contributed by atoms with van der Waals surface area (Å²) in [5, 5.41) is 11.4. The number of aliphatic hydroxyl groups is 1. The van der Waals surface area contributed by atoms with Crippen LogP contribution in [-0.2, 0) is 14.4 Å². The highest BCUT2D eigenvalue weighted by Crippen LogP contribution is 1.98. The van der Waals surface area contributed by atoms with Gasteiger partial charge in [0.05, 0.1) is 6.10 Å². The van der Waals surface area contributed by atoms with Crippen LogP contribution < -0.4 is 10.8 Å². The topological polar surface area (TPSA) is 87.7 Å². The van der Waals surface area contributed by atoms with Crippen LogP contribution in [0.2, 0.25) is 0 Å². The third-order valence-corrected chi connectivity index (χ3v) is 1.86. The number of rotatable bonds is 4. The second-order valence-corrected chi connectivity index (χ2v) is 3.29. The minimum Gasteiger partial charge on any atom is -0.393 e. The first kappa shape index (κ1) is 10.9. The van der Waals surface area contributed by atoms with Crippen LogP contribution in [0.15, 0.2) is 0 Å². The van der Waals surface area contributed by atoms with E-state index in [2.05, 4.69) is 15.6 Å². The second-order valence-electron chi connectivity index (χ2n) is 3.29. The monoisotopic (exact) mass is 202 g/mol. The Morgan fingerprint density at radius 2 is 2.57 bits per heavy atom. The highest BCUT2D eigenvalue weighted by Gasteiger charge is 2.26. The molecule has 2 atom stereocenters. The van der Waals surface area contributed by atoms with Gasteiger partial charge in [-0.15, -0.1) is 0 Å². The van der Waals surface area contributed by atoms with Crippen molar-refractivity contribution < 1.29 is 19.5 Å². The molecule has 0 aromatic heterocycles. The molecule has 0 bridgehead atoms. The molecule has 0 aromatic carbocycles. The van der Waals surface area contributed by atoms with Crippen LogP contribution in [0.5, 0.6) is 0 Å². The summed E-state index contributed by atoms with van der Waals surface area (Å²) in [7, 11) is 0. The Morgan fingerprint density at radius 3 is 3.07 bits per heavy atom. The number of aliphatic hydroxyl groups excluding tert-OH is 1. The van der Waals surface area contributed by atoms with Crippen LogP contribution in [0, 0.1) is 0 Å². The highest BCUT2D eigenvalue weighted by atomic mass is 16.7. The summed E-state index contributed by atoms with van der Waals surface area (Å²) in [6.45, 7) is 1.76. The Morgan fingerprint density at radius 1 is 1.86 bits per heavy atom. The lowest BCUT2D eigenvalue weighted by Crippen LogP contribution is -2.41. The molecule has 1 unspecified atom stereocenters. The summed E-state index contributed by atoms with van der Waals surface area (Å²) in [4.78, 5) is 26.8. The van der Waals surface area contributed by atoms with Crippen molar-refractivity contribution in [2.24, 2.45) is 0 Å². The fourth-order valence-electron chi connectivity index (χ4n) is 1.06. The van der Waals surface area contributed by atoms with E-state index in [4.69, 9.17) is 5.11 Å². The van der Waals surface area contributed by atoms with Crippen molar-refractivity contribution in [2.75, 3.05) is 6.61 Å². The fourth-order valence-corrected chi connectivity index (χ4v) is 1.06. The lowest BCUT2D eigenvalue weighted by atomic mass is 10.2. The molecule has 1 saturated heterocycles. The SMILES string of the molecule is CC(O)CCC(=O)N[C@@H]1CONC1=O. The van der Waals surface area contributed by atoms with Crippen molar-refractivity contribution in [3.63, 3.8) is 0 Å². The van der Waals surface area contributed by atoms with Crippen LogP contribution in [0.25, 0.3) is 0 Å². The van der Waals surface area contributed by atoms with Crippen molar-refractivity contribution in [3.05, 3.63) is 0 Å². The van der Waals surface area contributed by atoms with Gasteiger partial charge < -0.3 is 10.4 Å². The number of carbonyl (C=O) groups is 2. The van der Waals surface area contributed by atoms with Gasteiger partial charge in [-0.05, 0) is 13.3 Å². The van der Waals surface area contributed by atoms with Gasteiger partial charge >= 0.3 is 0 Å². The van der Waals surface area contributed by atoms with E-state index in [1.165, 1.54) is 0 Å². The van der Waals surface area contributed by atoms with Gasteiger partial charge in [-0.2, -0.15) is 0 Å². The number of nitrogens with one attached hydrogen (secondary N) is 2. The Balaban J connectivity index is 2.23. The summed E-state index contributed by atoms with van der Waals surface area (Å²) in [5.41, 5.74) is 2.14. The number of hydrogen-bond acceptors (Lipinski definition) is 4. The lowest BCUT2D eigenvalue weighted by molar-refractivity contribution is -0.128. The first-order valence-electron chi connectivity index (χ1n) is 4.48. The molecule has 6 heteroatoms. The highest BCUT2D eigenvalue weighted by molar-refractivity contribution is 5.88. The molecule has 0 spiro atoms. The van der Waals surface area contributed by atoms with Gasteiger partial charge in [0.15, 0.2) is 0 Å². The molecule has 3 N–H and O–H groups in total. The molecular weight excluding hydrogens is 188 g/mol. The summed E-state index contributed by atoms with van der Waals surface area (Å²) < 4.78 is 0. The lowest BCUT2D eigenvalue weighted by Gasteiger charge is -2.08. The summed E-state index contributed by atoms with van der Waals surface area (Å²) in [6.07, 6.45) is 0.0945. The summed E-state index contributed by atoms with van der Waals surface area (Å²) >= 11 is 0. The van der Waals surface area contributed by atoms with Crippen molar-refractivity contribution in [3.8, 4) is 0 Å². The van der Waals surface area contributed by atoms with Gasteiger partial charge in [-0.25, -0.2) is 5.48 Å². The van der Waals surface area contributed by atoms with E-state index in [0.717, 1.165) is 0 Å². The fraction of sp³-hybridized carbons (Fsp3) is 0.750. The predicted molar refractivity (Wildman–Crippen MR) is 46.9 cm³/mol. The molecule has 0 saturated carbocycles. The van der Waals surface area contributed by atoms with Crippen LogP contribution in [0.1, 0.15) is 19.8 Å². The summed E-state index contributed by atoms with van der Waals surface area (Å²) in [5.74, 6) is -0.591. The van der Waals surface area contributed by atoms with E-state index >= 15 is 0 Å². The predicted octanol–water partition coefficient (Wildman–Crippen LogP) is -1.31. The quantitative estimate of drug-likeness (QED) is 0.528. The maximum Gasteiger partial charge on any atom is 0.268 e. The van der Waals surface area contributed by atoms with Gasteiger partial charge in [0.2, 0.25) is 5.91 Å².